The lowest BCUT2D eigenvalue weighted by Gasteiger charge is -2.01. The molecule has 0 aromatic carbocycles. The van der Waals surface area contributed by atoms with Crippen LogP contribution < -0.4 is 16.8 Å². The number of aromatic amines is 3. The van der Waals surface area contributed by atoms with Crippen molar-refractivity contribution in [1.82, 2.24) is 19.9 Å². The van der Waals surface area contributed by atoms with Crippen molar-refractivity contribution in [2.24, 2.45) is 0 Å². The van der Waals surface area contributed by atoms with Crippen LogP contribution in [-0.2, 0) is 16.0 Å². The molecule has 0 atom stereocenters. The Labute approximate surface area is 104 Å². The first-order chi connectivity index (χ1) is 9.01. The van der Waals surface area contributed by atoms with Gasteiger partial charge in [-0.05, 0) is 0 Å². The van der Waals surface area contributed by atoms with Crippen molar-refractivity contribution in [3.63, 3.8) is 0 Å². The Morgan fingerprint density at radius 2 is 1.89 bits per heavy atom. The highest BCUT2D eigenvalue weighted by Crippen LogP contribution is 1.99. The van der Waals surface area contributed by atoms with E-state index in [-0.39, 0.29) is 29.7 Å². The number of nitrogens with zero attached hydrogens (tertiary/aromatic N) is 1. The van der Waals surface area contributed by atoms with E-state index in [1.54, 1.807) is 0 Å². The maximum absolute atomic E-state index is 11.7. The first kappa shape index (κ1) is 12.7. The molecular weight excluding hydrogens is 256 g/mol. The van der Waals surface area contributed by atoms with E-state index < -0.39 is 22.8 Å². The smallest absolute Gasteiger partial charge is 0.327 e. The normalized spacial score (nSPS) is 10.6. The van der Waals surface area contributed by atoms with Crippen LogP contribution in [0.1, 0.15) is 12.1 Å². The third-order valence-corrected chi connectivity index (χ3v) is 2.46. The zero-order valence-electron chi connectivity index (χ0n) is 9.90. The van der Waals surface area contributed by atoms with E-state index in [0.29, 0.717) is 0 Å². The summed E-state index contributed by atoms with van der Waals surface area (Å²) in [6.45, 7) is 0. The molecule has 0 saturated heterocycles. The van der Waals surface area contributed by atoms with Crippen molar-refractivity contribution >= 4 is 17.1 Å². The Morgan fingerprint density at radius 1 is 1.16 bits per heavy atom. The maximum atomic E-state index is 11.7. The topological polar surface area (TPSA) is 138 Å². The fraction of sp³-hybridized carbons (Fsp3) is 0.300. The summed E-state index contributed by atoms with van der Waals surface area (Å²) in [4.78, 5) is 55.6. The van der Waals surface area contributed by atoms with E-state index in [2.05, 4.69) is 19.7 Å². The number of aromatic nitrogens is 4. The van der Waals surface area contributed by atoms with E-state index in [1.807, 2.05) is 4.98 Å². The van der Waals surface area contributed by atoms with Gasteiger partial charge in [-0.1, -0.05) is 0 Å². The molecule has 0 aliphatic rings. The van der Waals surface area contributed by atoms with Gasteiger partial charge in [-0.2, -0.15) is 0 Å². The van der Waals surface area contributed by atoms with Gasteiger partial charge in [0.1, 0.15) is 11.3 Å². The third-order valence-electron chi connectivity index (χ3n) is 2.46. The minimum Gasteiger partial charge on any atom is -0.469 e. The van der Waals surface area contributed by atoms with Gasteiger partial charge in [0.25, 0.3) is 11.1 Å². The monoisotopic (exact) mass is 266 g/mol. The van der Waals surface area contributed by atoms with Gasteiger partial charge in [0, 0.05) is 6.42 Å². The van der Waals surface area contributed by atoms with Crippen molar-refractivity contribution in [3.05, 3.63) is 36.9 Å². The molecule has 19 heavy (non-hydrogen) atoms. The molecule has 100 valence electrons. The molecule has 0 aliphatic heterocycles. The second kappa shape index (κ2) is 4.88. The predicted octanol–water partition coefficient (Wildman–Crippen LogP) is -1.59. The Bertz CT molecular complexity index is 800. The number of methoxy groups -OCH3 is 1. The van der Waals surface area contributed by atoms with E-state index in [4.69, 9.17) is 0 Å². The van der Waals surface area contributed by atoms with Gasteiger partial charge in [-0.15, -0.1) is 0 Å². The number of hydrogen-bond acceptors (Lipinski definition) is 6. The van der Waals surface area contributed by atoms with Crippen LogP contribution in [0.25, 0.3) is 11.2 Å². The van der Waals surface area contributed by atoms with Crippen molar-refractivity contribution < 1.29 is 9.53 Å². The molecule has 9 heteroatoms. The molecule has 0 amide bonds. The lowest BCUT2D eigenvalue weighted by Crippen LogP contribution is -2.27. The van der Waals surface area contributed by atoms with Crippen molar-refractivity contribution in [3.8, 4) is 0 Å². The van der Waals surface area contributed by atoms with E-state index in [0.717, 1.165) is 0 Å². The molecule has 2 aromatic heterocycles. The van der Waals surface area contributed by atoms with Crippen LogP contribution in [0.5, 0.6) is 0 Å². The lowest BCUT2D eigenvalue weighted by molar-refractivity contribution is -0.140. The van der Waals surface area contributed by atoms with Crippen molar-refractivity contribution in [2.45, 2.75) is 12.8 Å². The summed E-state index contributed by atoms with van der Waals surface area (Å²) < 4.78 is 4.44. The summed E-state index contributed by atoms with van der Waals surface area (Å²) in [6.07, 6.45) is 0.00978. The summed E-state index contributed by atoms with van der Waals surface area (Å²) >= 11 is 0. The molecule has 0 spiro atoms. The summed E-state index contributed by atoms with van der Waals surface area (Å²) in [5.41, 5.74) is -2.15. The average Bonchev–Trinajstić information content (AvgIpc) is 2.36. The number of nitrogens with one attached hydrogen (secondary N) is 3. The Morgan fingerprint density at radius 3 is 2.58 bits per heavy atom. The highest BCUT2D eigenvalue weighted by atomic mass is 16.5. The van der Waals surface area contributed by atoms with Gasteiger partial charge in [0.2, 0.25) is 0 Å². The van der Waals surface area contributed by atoms with Gasteiger partial charge in [-0.3, -0.25) is 24.4 Å². The van der Waals surface area contributed by atoms with E-state index >= 15 is 0 Å². The number of rotatable bonds is 3. The quantitative estimate of drug-likeness (QED) is 0.572. The van der Waals surface area contributed by atoms with Crippen LogP contribution in [0, 0.1) is 0 Å². The second-order valence-electron chi connectivity index (χ2n) is 3.72. The zero-order valence-corrected chi connectivity index (χ0v) is 9.90. The average molecular weight is 266 g/mol. The van der Waals surface area contributed by atoms with Crippen molar-refractivity contribution in [1.29, 1.82) is 0 Å². The Kier molecular flexibility index (Phi) is 3.27. The molecule has 9 nitrogen and oxygen atoms in total. The van der Waals surface area contributed by atoms with Crippen LogP contribution in [0.3, 0.4) is 0 Å². The molecule has 2 rings (SSSR count). The minimum atomic E-state index is -0.739. The largest absolute Gasteiger partial charge is 0.469 e. The third kappa shape index (κ3) is 2.59. The van der Waals surface area contributed by atoms with Gasteiger partial charge < -0.3 is 9.72 Å². The first-order valence-corrected chi connectivity index (χ1v) is 5.33. The number of hydrogen-bond donors (Lipinski definition) is 3. The zero-order chi connectivity index (χ0) is 14.0. The van der Waals surface area contributed by atoms with Crippen LogP contribution in [0.4, 0.5) is 0 Å². The number of aryl methyl sites for hydroxylation is 1. The summed E-state index contributed by atoms with van der Waals surface area (Å²) in [5.74, 6) is -0.489. The Balaban J connectivity index is 2.50. The Hall–Kier alpha value is -2.71. The van der Waals surface area contributed by atoms with Crippen LogP contribution in [0.15, 0.2) is 14.4 Å². The number of esters is 1. The maximum Gasteiger partial charge on any atom is 0.327 e. The molecule has 0 aliphatic carbocycles. The molecule has 0 radical (unpaired) electrons. The van der Waals surface area contributed by atoms with Gasteiger partial charge in [0.05, 0.1) is 13.5 Å². The molecule has 2 heterocycles. The van der Waals surface area contributed by atoms with Crippen molar-refractivity contribution in [2.75, 3.05) is 7.11 Å². The number of ether oxygens (including phenoxy) is 1. The van der Waals surface area contributed by atoms with E-state index in [1.165, 1.54) is 7.11 Å². The summed E-state index contributed by atoms with van der Waals surface area (Å²) in [7, 11) is 1.23. The number of H-pyrrole nitrogens is 3. The molecule has 0 bridgehead atoms. The molecular formula is C10H10N4O5. The fourth-order valence-corrected chi connectivity index (χ4v) is 1.54. The van der Waals surface area contributed by atoms with Gasteiger partial charge in [0.15, 0.2) is 5.52 Å². The predicted molar refractivity (Wildman–Crippen MR) is 63.9 cm³/mol. The number of carbonyl (C=O) groups excluding carboxylic acids is 1. The van der Waals surface area contributed by atoms with Gasteiger partial charge in [-0.25, -0.2) is 9.78 Å². The summed E-state index contributed by atoms with van der Waals surface area (Å²) in [5, 5.41) is 0. The number of fused-ring (bicyclic) bond motifs is 1. The molecule has 2 aromatic rings. The fourth-order valence-electron chi connectivity index (χ4n) is 1.54. The lowest BCUT2D eigenvalue weighted by atomic mass is 10.2. The minimum absolute atomic E-state index is 0.0236. The summed E-state index contributed by atoms with van der Waals surface area (Å²) in [6, 6.07) is 0. The molecule has 3 N–H and O–H groups in total. The highest BCUT2D eigenvalue weighted by Gasteiger charge is 2.10. The molecule has 0 unspecified atom stereocenters. The first-order valence-electron chi connectivity index (χ1n) is 5.33. The molecule has 0 fully saturated rings. The second-order valence-corrected chi connectivity index (χ2v) is 3.72. The van der Waals surface area contributed by atoms with E-state index in [9.17, 15) is 19.2 Å². The van der Waals surface area contributed by atoms with Crippen LogP contribution in [0.2, 0.25) is 0 Å². The highest BCUT2D eigenvalue weighted by molar-refractivity contribution is 5.70. The SMILES string of the molecule is COC(=O)CCc1nc2c(=O)[nH]c(=O)[nH]c2[nH]c1=O. The standard InChI is InChI=1S/C10H10N4O5/c1-19-5(15)3-2-4-8(16)12-7-6(11-4)9(17)14-10(18)13-7/h2-3H2,1H3,(H3,12,13,14,16,17,18). The van der Waals surface area contributed by atoms with Gasteiger partial charge >= 0.3 is 11.7 Å². The van der Waals surface area contributed by atoms with Crippen LogP contribution in [-0.4, -0.2) is 33.0 Å². The van der Waals surface area contributed by atoms with Crippen LogP contribution >= 0.6 is 0 Å². The number of carbonyl (C=O) groups is 1. The molecule has 0 saturated carbocycles.